The second-order valence-corrected chi connectivity index (χ2v) is 6.82. The van der Waals surface area contributed by atoms with Gasteiger partial charge < -0.3 is 13.9 Å². The Kier molecular flexibility index (Phi) is 5.78. The Morgan fingerprint density at radius 1 is 1.25 bits per heavy atom. The third-order valence-corrected chi connectivity index (χ3v) is 4.47. The fourth-order valence-corrected chi connectivity index (χ4v) is 3.15. The van der Waals surface area contributed by atoms with Crippen molar-refractivity contribution in [3.8, 4) is 5.88 Å². The highest BCUT2D eigenvalue weighted by Gasteiger charge is 2.17. The standard InChI is InChI=1S/C22H23NO5/c1-5-26-21-16(7-6-8-23-21)22(25)27-12-15-10-20(24)28-19-9-14(4)17(13(2)3)11-18(15)19/h6-11,13H,5,12H2,1-4H3. The molecule has 2 aromatic heterocycles. The average Bonchev–Trinajstić information content (AvgIpc) is 2.65. The number of esters is 1. The number of carbonyl (C=O) groups excluding carboxylic acids is 1. The fourth-order valence-electron chi connectivity index (χ4n) is 3.15. The number of rotatable bonds is 6. The summed E-state index contributed by atoms with van der Waals surface area (Å²) in [5.41, 5.74) is 3.05. The molecular formula is C22H23NO5. The van der Waals surface area contributed by atoms with Crippen molar-refractivity contribution in [1.82, 2.24) is 4.98 Å². The lowest BCUT2D eigenvalue weighted by Crippen LogP contribution is -2.10. The Balaban J connectivity index is 1.93. The van der Waals surface area contributed by atoms with Crippen LogP contribution < -0.4 is 10.4 Å². The lowest BCUT2D eigenvalue weighted by atomic mass is 9.95. The van der Waals surface area contributed by atoms with E-state index in [1.807, 2.05) is 26.0 Å². The number of aromatic nitrogens is 1. The molecule has 0 unspecified atom stereocenters. The molecule has 0 saturated carbocycles. The van der Waals surface area contributed by atoms with E-state index in [-0.39, 0.29) is 18.1 Å². The number of carbonyl (C=O) groups is 1. The van der Waals surface area contributed by atoms with Crippen molar-refractivity contribution in [3.63, 3.8) is 0 Å². The molecule has 2 heterocycles. The Morgan fingerprint density at radius 3 is 2.75 bits per heavy atom. The molecule has 0 aliphatic rings. The molecular weight excluding hydrogens is 358 g/mol. The second-order valence-electron chi connectivity index (χ2n) is 6.82. The second kappa shape index (κ2) is 8.25. The van der Waals surface area contributed by atoms with Crippen molar-refractivity contribution in [2.75, 3.05) is 6.61 Å². The van der Waals surface area contributed by atoms with Crippen LogP contribution in [0.2, 0.25) is 0 Å². The largest absolute Gasteiger partial charge is 0.477 e. The predicted molar refractivity (Wildman–Crippen MR) is 106 cm³/mol. The van der Waals surface area contributed by atoms with E-state index in [1.54, 1.807) is 18.3 Å². The van der Waals surface area contributed by atoms with Crippen molar-refractivity contribution in [2.45, 2.75) is 40.2 Å². The third kappa shape index (κ3) is 4.06. The van der Waals surface area contributed by atoms with Gasteiger partial charge in [-0.05, 0) is 55.2 Å². The van der Waals surface area contributed by atoms with E-state index < -0.39 is 11.6 Å². The van der Waals surface area contributed by atoms with Gasteiger partial charge in [0.1, 0.15) is 17.8 Å². The summed E-state index contributed by atoms with van der Waals surface area (Å²) in [6, 6.07) is 8.45. The van der Waals surface area contributed by atoms with Crippen LogP contribution in [0.4, 0.5) is 0 Å². The van der Waals surface area contributed by atoms with Crippen LogP contribution in [0.25, 0.3) is 11.0 Å². The first-order chi connectivity index (χ1) is 13.4. The Bertz CT molecular complexity index is 1070. The Morgan fingerprint density at radius 2 is 2.04 bits per heavy atom. The fraction of sp³-hybridized carbons (Fsp3) is 0.318. The molecule has 0 atom stereocenters. The molecule has 6 heteroatoms. The summed E-state index contributed by atoms with van der Waals surface area (Å²) in [5.74, 6) is -0.0184. The highest BCUT2D eigenvalue weighted by atomic mass is 16.5. The number of pyridine rings is 1. The summed E-state index contributed by atoms with van der Waals surface area (Å²) < 4.78 is 16.2. The SMILES string of the molecule is CCOc1ncccc1C(=O)OCc1cc(=O)oc2cc(C)c(C(C)C)cc12. The minimum absolute atomic E-state index is 0.0536. The molecule has 0 aliphatic carbocycles. The van der Waals surface area contributed by atoms with Crippen molar-refractivity contribution < 1.29 is 18.7 Å². The van der Waals surface area contributed by atoms with Crippen LogP contribution in [-0.4, -0.2) is 17.6 Å². The highest BCUT2D eigenvalue weighted by Crippen LogP contribution is 2.27. The summed E-state index contributed by atoms with van der Waals surface area (Å²) in [5, 5.41) is 0.762. The van der Waals surface area contributed by atoms with E-state index in [0.717, 1.165) is 16.5 Å². The van der Waals surface area contributed by atoms with Crippen molar-refractivity contribution >= 4 is 16.9 Å². The number of fused-ring (bicyclic) bond motifs is 1. The molecule has 0 saturated heterocycles. The van der Waals surface area contributed by atoms with Gasteiger partial charge in [0.2, 0.25) is 5.88 Å². The molecule has 6 nitrogen and oxygen atoms in total. The normalized spacial score (nSPS) is 11.0. The minimum Gasteiger partial charge on any atom is -0.477 e. The maximum Gasteiger partial charge on any atom is 0.343 e. The van der Waals surface area contributed by atoms with Crippen LogP contribution in [0.15, 0.2) is 45.7 Å². The number of benzene rings is 1. The summed E-state index contributed by atoms with van der Waals surface area (Å²) in [6.45, 7) is 8.34. The van der Waals surface area contributed by atoms with Gasteiger partial charge in [-0.25, -0.2) is 14.6 Å². The minimum atomic E-state index is -0.561. The maximum atomic E-state index is 12.5. The number of nitrogens with zero attached hydrogens (tertiary/aromatic N) is 1. The molecule has 1 aromatic carbocycles. The number of aryl methyl sites for hydroxylation is 1. The van der Waals surface area contributed by atoms with E-state index in [4.69, 9.17) is 13.9 Å². The molecule has 0 bridgehead atoms. The van der Waals surface area contributed by atoms with Crippen LogP contribution in [-0.2, 0) is 11.3 Å². The lowest BCUT2D eigenvalue weighted by molar-refractivity contribution is 0.0468. The molecule has 0 aliphatic heterocycles. The van der Waals surface area contributed by atoms with Gasteiger partial charge in [0.15, 0.2) is 0 Å². The average molecular weight is 381 g/mol. The first-order valence-electron chi connectivity index (χ1n) is 9.23. The van der Waals surface area contributed by atoms with Crippen LogP contribution in [0, 0.1) is 6.92 Å². The third-order valence-electron chi connectivity index (χ3n) is 4.47. The van der Waals surface area contributed by atoms with Crippen molar-refractivity contribution in [1.29, 1.82) is 0 Å². The number of hydrogen-bond donors (Lipinski definition) is 0. The van der Waals surface area contributed by atoms with Crippen molar-refractivity contribution in [2.24, 2.45) is 0 Å². The number of ether oxygens (including phenoxy) is 2. The summed E-state index contributed by atoms with van der Waals surface area (Å²) in [4.78, 5) is 28.5. The molecule has 146 valence electrons. The van der Waals surface area contributed by atoms with Gasteiger partial charge in [-0.1, -0.05) is 13.8 Å². The van der Waals surface area contributed by atoms with Gasteiger partial charge in [-0.2, -0.15) is 0 Å². The first-order valence-corrected chi connectivity index (χ1v) is 9.23. The molecule has 0 N–H and O–H groups in total. The van der Waals surface area contributed by atoms with Gasteiger partial charge in [-0.3, -0.25) is 0 Å². The van der Waals surface area contributed by atoms with E-state index in [1.165, 1.54) is 6.07 Å². The molecule has 0 spiro atoms. The van der Waals surface area contributed by atoms with Crippen LogP contribution in [0.3, 0.4) is 0 Å². The van der Waals surface area contributed by atoms with Gasteiger partial charge in [-0.15, -0.1) is 0 Å². The number of hydrogen-bond acceptors (Lipinski definition) is 6. The van der Waals surface area contributed by atoms with Crippen LogP contribution in [0.1, 0.15) is 53.7 Å². The summed E-state index contributed by atoms with van der Waals surface area (Å²) >= 11 is 0. The zero-order valence-corrected chi connectivity index (χ0v) is 16.4. The van der Waals surface area contributed by atoms with E-state index in [0.29, 0.717) is 23.7 Å². The lowest BCUT2D eigenvalue weighted by Gasteiger charge is -2.13. The molecule has 0 amide bonds. The van der Waals surface area contributed by atoms with Crippen LogP contribution in [0.5, 0.6) is 5.88 Å². The zero-order chi connectivity index (χ0) is 20.3. The molecule has 0 radical (unpaired) electrons. The Hall–Kier alpha value is -3.15. The quantitative estimate of drug-likeness (QED) is 0.466. The van der Waals surface area contributed by atoms with Gasteiger partial charge >= 0.3 is 11.6 Å². The smallest absolute Gasteiger partial charge is 0.343 e. The zero-order valence-electron chi connectivity index (χ0n) is 16.4. The maximum absolute atomic E-state index is 12.5. The molecule has 0 fully saturated rings. The highest BCUT2D eigenvalue weighted by molar-refractivity contribution is 5.92. The molecule has 28 heavy (non-hydrogen) atoms. The van der Waals surface area contributed by atoms with Gasteiger partial charge in [0, 0.05) is 23.2 Å². The van der Waals surface area contributed by atoms with Gasteiger partial charge in [0.05, 0.1) is 6.61 Å². The topological polar surface area (TPSA) is 78.6 Å². The monoisotopic (exact) mass is 381 g/mol. The molecule has 3 rings (SSSR count). The van der Waals surface area contributed by atoms with Gasteiger partial charge in [0.25, 0.3) is 0 Å². The van der Waals surface area contributed by atoms with E-state index in [2.05, 4.69) is 18.8 Å². The van der Waals surface area contributed by atoms with Crippen molar-refractivity contribution in [3.05, 3.63) is 69.2 Å². The van der Waals surface area contributed by atoms with Crippen LogP contribution >= 0.6 is 0 Å². The first kappa shape index (κ1) is 19.6. The summed E-state index contributed by atoms with van der Waals surface area (Å²) in [6.07, 6.45) is 1.55. The molecule has 3 aromatic rings. The summed E-state index contributed by atoms with van der Waals surface area (Å²) in [7, 11) is 0. The van der Waals surface area contributed by atoms with E-state index in [9.17, 15) is 9.59 Å². The Labute approximate surface area is 163 Å². The van der Waals surface area contributed by atoms with E-state index >= 15 is 0 Å². The predicted octanol–water partition coefficient (Wildman–Crippen LogP) is 4.38.